The Kier molecular flexibility index (Phi) is 4.27. The highest BCUT2D eigenvalue weighted by molar-refractivity contribution is 5.81. The maximum Gasteiger partial charge on any atom is 0.416 e. The Labute approximate surface area is 114 Å². The topological polar surface area (TPSA) is 32.9 Å². The molecule has 0 amide bonds. The van der Waals surface area contributed by atoms with Gasteiger partial charge in [-0.3, -0.25) is 4.79 Å². The summed E-state index contributed by atoms with van der Waals surface area (Å²) in [6, 6.07) is 8.63. The van der Waals surface area contributed by atoms with Gasteiger partial charge in [0.05, 0.1) is 5.56 Å². The van der Waals surface area contributed by atoms with Crippen LogP contribution in [0.1, 0.15) is 23.2 Å². The number of ketones is 1. The van der Waals surface area contributed by atoms with Crippen LogP contribution in [0, 0.1) is 0 Å². The van der Waals surface area contributed by atoms with Crippen LogP contribution in [0.2, 0.25) is 0 Å². The zero-order chi connectivity index (χ0) is 14.6. The van der Waals surface area contributed by atoms with Crippen molar-refractivity contribution in [1.29, 1.82) is 0 Å². The highest BCUT2D eigenvalue weighted by Crippen LogP contribution is 2.29. The van der Waals surface area contributed by atoms with Crippen molar-refractivity contribution in [3.63, 3.8) is 0 Å². The third-order valence-corrected chi connectivity index (χ3v) is 2.99. The number of nitrogens with one attached hydrogen (secondary N) is 1. The highest BCUT2D eigenvalue weighted by atomic mass is 19.4. The van der Waals surface area contributed by atoms with E-state index in [0.29, 0.717) is 18.4 Å². The molecule has 2 aromatic rings. The maximum atomic E-state index is 12.6. The number of aryl methyl sites for hydroxylation is 1. The number of hydrogen-bond donors (Lipinski definition) is 1. The Morgan fingerprint density at radius 1 is 1.15 bits per heavy atom. The number of Topliss-reactive ketones (excluding diaryl/α,β-unsaturated/α-hetero) is 1. The lowest BCUT2D eigenvalue weighted by Crippen LogP contribution is -2.08. The molecule has 0 spiro atoms. The predicted molar refractivity (Wildman–Crippen MR) is 69.3 cm³/mol. The molecule has 0 aliphatic carbocycles. The monoisotopic (exact) mass is 281 g/mol. The highest BCUT2D eigenvalue weighted by Gasteiger charge is 2.30. The van der Waals surface area contributed by atoms with Gasteiger partial charge in [-0.1, -0.05) is 18.2 Å². The summed E-state index contributed by atoms with van der Waals surface area (Å²) in [5.74, 6) is -0.0704. The van der Waals surface area contributed by atoms with Gasteiger partial charge in [-0.15, -0.1) is 0 Å². The normalized spacial score (nSPS) is 11.6. The number of halogens is 3. The molecule has 0 aliphatic heterocycles. The Bertz CT molecular complexity index is 573. The molecule has 0 radical (unpaired) electrons. The number of alkyl halides is 3. The van der Waals surface area contributed by atoms with Gasteiger partial charge in [0, 0.05) is 24.7 Å². The Morgan fingerprint density at radius 2 is 1.95 bits per heavy atom. The molecule has 0 saturated carbocycles. The molecule has 106 valence electrons. The lowest BCUT2D eigenvalue weighted by atomic mass is 10.0. The van der Waals surface area contributed by atoms with E-state index < -0.39 is 11.7 Å². The molecular formula is C15H14F3NO. The van der Waals surface area contributed by atoms with Crippen molar-refractivity contribution in [1.82, 2.24) is 4.98 Å². The SMILES string of the molecule is O=C(CCc1ccc[nH]1)Cc1cccc(C(F)(F)F)c1. The first kappa shape index (κ1) is 14.4. The van der Waals surface area contributed by atoms with E-state index in [4.69, 9.17) is 0 Å². The van der Waals surface area contributed by atoms with Gasteiger partial charge < -0.3 is 4.98 Å². The van der Waals surface area contributed by atoms with Crippen molar-refractivity contribution < 1.29 is 18.0 Å². The third-order valence-electron chi connectivity index (χ3n) is 2.99. The van der Waals surface area contributed by atoms with Crippen LogP contribution in [-0.2, 0) is 23.8 Å². The molecule has 1 aromatic carbocycles. The molecule has 1 aromatic heterocycles. The molecule has 0 bridgehead atoms. The fourth-order valence-corrected chi connectivity index (χ4v) is 1.97. The third kappa shape index (κ3) is 3.98. The van der Waals surface area contributed by atoms with E-state index in [1.165, 1.54) is 6.07 Å². The molecule has 0 fully saturated rings. The van der Waals surface area contributed by atoms with Crippen LogP contribution in [0.5, 0.6) is 0 Å². The van der Waals surface area contributed by atoms with Crippen molar-refractivity contribution in [2.24, 2.45) is 0 Å². The average Bonchev–Trinajstić information content (AvgIpc) is 2.89. The van der Waals surface area contributed by atoms with Gasteiger partial charge in [-0.2, -0.15) is 13.2 Å². The van der Waals surface area contributed by atoms with E-state index in [-0.39, 0.29) is 12.2 Å². The van der Waals surface area contributed by atoms with Crippen LogP contribution < -0.4 is 0 Å². The molecule has 1 heterocycles. The molecule has 2 rings (SSSR count). The quantitative estimate of drug-likeness (QED) is 0.889. The van der Waals surface area contributed by atoms with Gasteiger partial charge in [0.2, 0.25) is 0 Å². The molecule has 1 N–H and O–H groups in total. The first-order valence-electron chi connectivity index (χ1n) is 6.25. The number of aromatic amines is 1. The van der Waals surface area contributed by atoms with Crippen LogP contribution in [0.3, 0.4) is 0 Å². The van der Waals surface area contributed by atoms with E-state index in [0.717, 1.165) is 17.8 Å². The number of rotatable bonds is 5. The summed E-state index contributed by atoms with van der Waals surface area (Å²) in [6.45, 7) is 0. The van der Waals surface area contributed by atoms with Crippen LogP contribution in [-0.4, -0.2) is 10.8 Å². The first-order chi connectivity index (χ1) is 9.45. The van der Waals surface area contributed by atoms with Gasteiger partial charge in [-0.25, -0.2) is 0 Å². The number of carbonyl (C=O) groups excluding carboxylic acids is 1. The number of hydrogen-bond acceptors (Lipinski definition) is 1. The molecule has 0 saturated heterocycles. The van der Waals surface area contributed by atoms with Crippen molar-refractivity contribution >= 4 is 5.78 Å². The second-order valence-corrected chi connectivity index (χ2v) is 4.61. The second kappa shape index (κ2) is 5.94. The Morgan fingerprint density at radius 3 is 2.60 bits per heavy atom. The number of benzene rings is 1. The van der Waals surface area contributed by atoms with Crippen LogP contribution >= 0.6 is 0 Å². The van der Waals surface area contributed by atoms with E-state index in [1.807, 2.05) is 12.1 Å². The summed E-state index contributed by atoms with van der Waals surface area (Å²) >= 11 is 0. The summed E-state index contributed by atoms with van der Waals surface area (Å²) in [5.41, 5.74) is 0.630. The summed E-state index contributed by atoms with van der Waals surface area (Å²) in [4.78, 5) is 14.8. The minimum Gasteiger partial charge on any atom is -0.365 e. The maximum absolute atomic E-state index is 12.6. The standard InChI is InChI=1S/C15H14F3NO/c16-15(17,18)12-4-1-3-11(9-12)10-14(20)7-6-13-5-2-8-19-13/h1-5,8-9,19H,6-7,10H2. The lowest BCUT2D eigenvalue weighted by molar-refractivity contribution is -0.137. The van der Waals surface area contributed by atoms with E-state index in [2.05, 4.69) is 4.98 Å². The number of aromatic nitrogens is 1. The van der Waals surface area contributed by atoms with Gasteiger partial charge in [0.25, 0.3) is 0 Å². The summed E-state index contributed by atoms with van der Waals surface area (Å²) in [6.07, 6.45) is -1.68. The minimum absolute atomic E-state index is 0.0324. The fourth-order valence-electron chi connectivity index (χ4n) is 1.97. The second-order valence-electron chi connectivity index (χ2n) is 4.61. The average molecular weight is 281 g/mol. The summed E-state index contributed by atoms with van der Waals surface area (Å²) < 4.78 is 37.7. The van der Waals surface area contributed by atoms with Crippen molar-refractivity contribution in [2.75, 3.05) is 0 Å². The van der Waals surface area contributed by atoms with Gasteiger partial charge in [0.1, 0.15) is 5.78 Å². The van der Waals surface area contributed by atoms with E-state index in [9.17, 15) is 18.0 Å². The van der Waals surface area contributed by atoms with Crippen molar-refractivity contribution in [2.45, 2.75) is 25.4 Å². The largest absolute Gasteiger partial charge is 0.416 e. The number of H-pyrrole nitrogens is 1. The number of carbonyl (C=O) groups is 1. The van der Waals surface area contributed by atoms with Gasteiger partial charge in [-0.05, 0) is 30.2 Å². The van der Waals surface area contributed by atoms with E-state index in [1.54, 1.807) is 12.3 Å². The molecular weight excluding hydrogens is 267 g/mol. The zero-order valence-electron chi connectivity index (χ0n) is 10.7. The van der Waals surface area contributed by atoms with Crippen molar-refractivity contribution in [3.8, 4) is 0 Å². The van der Waals surface area contributed by atoms with Crippen LogP contribution in [0.15, 0.2) is 42.6 Å². The van der Waals surface area contributed by atoms with Gasteiger partial charge in [0.15, 0.2) is 0 Å². The molecule has 2 nitrogen and oxygen atoms in total. The molecule has 0 aliphatic rings. The van der Waals surface area contributed by atoms with Crippen molar-refractivity contribution in [3.05, 3.63) is 59.4 Å². The Balaban J connectivity index is 1.94. The molecule has 5 heteroatoms. The summed E-state index contributed by atoms with van der Waals surface area (Å²) in [7, 11) is 0. The minimum atomic E-state index is -4.37. The smallest absolute Gasteiger partial charge is 0.365 e. The zero-order valence-corrected chi connectivity index (χ0v) is 10.7. The van der Waals surface area contributed by atoms with Crippen LogP contribution in [0.4, 0.5) is 13.2 Å². The van der Waals surface area contributed by atoms with E-state index >= 15 is 0 Å². The van der Waals surface area contributed by atoms with Crippen LogP contribution in [0.25, 0.3) is 0 Å². The molecule has 0 unspecified atom stereocenters. The first-order valence-corrected chi connectivity index (χ1v) is 6.25. The summed E-state index contributed by atoms with van der Waals surface area (Å²) in [5, 5.41) is 0. The predicted octanol–water partition coefficient (Wildman–Crippen LogP) is 3.78. The Hall–Kier alpha value is -2.04. The molecule has 0 atom stereocenters. The van der Waals surface area contributed by atoms with Gasteiger partial charge >= 0.3 is 6.18 Å². The fraction of sp³-hybridized carbons (Fsp3) is 0.267. The molecule has 20 heavy (non-hydrogen) atoms. The lowest BCUT2D eigenvalue weighted by Gasteiger charge is -2.08.